The van der Waals surface area contributed by atoms with Crippen molar-refractivity contribution in [3.63, 3.8) is 0 Å². The summed E-state index contributed by atoms with van der Waals surface area (Å²) in [4.78, 5) is 2.61. The smallest absolute Gasteiger partial charge is 0.252 e. The second-order valence-electron chi connectivity index (χ2n) is 8.21. The van der Waals surface area contributed by atoms with Crippen LogP contribution >= 0.6 is 11.3 Å². The summed E-state index contributed by atoms with van der Waals surface area (Å²) >= 11 is 1.32. The molecule has 0 atom stereocenters. The number of benzene rings is 1. The van der Waals surface area contributed by atoms with E-state index < -0.39 is 10.0 Å². The molecule has 2 aliphatic heterocycles. The van der Waals surface area contributed by atoms with Crippen LogP contribution in [0.5, 0.6) is 0 Å². The second-order valence-corrected chi connectivity index (χ2v) is 11.3. The highest BCUT2D eigenvalue weighted by Crippen LogP contribution is 2.28. The summed E-state index contributed by atoms with van der Waals surface area (Å²) in [5.74, 6) is 1.43. The molecule has 2 aromatic rings. The van der Waals surface area contributed by atoms with Crippen LogP contribution in [-0.2, 0) is 16.4 Å². The highest BCUT2D eigenvalue weighted by atomic mass is 32.2. The summed E-state index contributed by atoms with van der Waals surface area (Å²) in [6, 6.07) is 14.4. The van der Waals surface area contributed by atoms with E-state index >= 15 is 0 Å². The Morgan fingerprint density at radius 1 is 0.857 bits per heavy atom. The summed E-state index contributed by atoms with van der Waals surface area (Å²) in [7, 11) is -3.27. The number of hydrogen-bond acceptors (Lipinski definition) is 4. The average Bonchev–Trinajstić information content (AvgIpc) is 3.27. The molecule has 6 heteroatoms. The minimum atomic E-state index is -3.27. The zero-order chi connectivity index (χ0) is 19.4. The van der Waals surface area contributed by atoms with E-state index in [0.717, 1.165) is 25.3 Å². The minimum Gasteiger partial charge on any atom is -0.303 e. The van der Waals surface area contributed by atoms with Crippen molar-refractivity contribution in [3.05, 3.63) is 53.4 Å². The third-order valence-corrected chi connectivity index (χ3v) is 9.53. The van der Waals surface area contributed by atoms with Crippen LogP contribution in [0.4, 0.5) is 0 Å². The van der Waals surface area contributed by atoms with Gasteiger partial charge in [0.05, 0.1) is 0 Å². The number of piperidine rings is 2. The highest BCUT2D eigenvalue weighted by Gasteiger charge is 2.31. The molecule has 0 aliphatic carbocycles. The van der Waals surface area contributed by atoms with Crippen molar-refractivity contribution < 1.29 is 8.42 Å². The van der Waals surface area contributed by atoms with Gasteiger partial charge in [0.2, 0.25) is 0 Å². The monoisotopic (exact) mass is 418 g/mol. The topological polar surface area (TPSA) is 40.6 Å². The van der Waals surface area contributed by atoms with Gasteiger partial charge in [-0.15, -0.1) is 11.3 Å². The van der Waals surface area contributed by atoms with E-state index in [1.807, 2.05) is 11.4 Å². The van der Waals surface area contributed by atoms with Gasteiger partial charge in [-0.1, -0.05) is 36.4 Å². The van der Waals surface area contributed by atoms with E-state index in [0.29, 0.717) is 23.2 Å². The van der Waals surface area contributed by atoms with Crippen molar-refractivity contribution in [2.75, 3.05) is 32.7 Å². The van der Waals surface area contributed by atoms with Gasteiger partial charge in [0, 0.05) is 19.6 Å². The summed E-state index contributed by atoms with van der Waals surface area (Å²) in [6.07, 6.45) is 5.72. The Morgan fingerprint density at radius 3 is 2.18 bits per heavy atom. The lowest BCUT2D eigenvalue weighted by molar-refractivity contribution is 0.138. The van der Waals surface area contributed by atoms with Crippen LogP contribution in [0, 0.1) is 11.8 Å². The number of rotatable bonds is 6. The number of thiophene rings is 1. The first-order chi connectivity index (χ1) is 13.6. The Balaban J connectivity index is 1.21. The van der Waals surface area contributed by atoms with Crippen LogP contribution in [-0.4, -0.2) is 50.3 Å². The lowest BCUT2D eigenvalue weighted by Crippen LogP contribution is -2.43. The van der Waals surface area contributed by atoms with E-state index in [2.05, 4.69) is 35.2 Å². The maximum Gasteiger partial charge on any atom is 0.252 e. The molecule has 1 aromatic carbocycles. The lowest BCUT2D eigenvalue weighted by atomic mass is 9.89. The maximum atomic E-state index is 12.7. The molecule has 0 bridgehead atoms. The summed E-state index contributed by atoms with van der Waals surface area (Å²) in [5, 5.41) is 1.83. The van der Waals surface area contributed by atoms with Gasteiger partial charge in [-0.2, -0.15) is 4.31 Å². The summed E-state index contributed by atoms with van der Waals surface area (Å²) < 4.78 is 27.5. The Labute approximate surface area is 173 Å². The molecule has 0 amide bonds. The van der Waals surface area contributed by atoms with Crippen LogP contribution in [0.1, 0.15) is 31.2 Å². The second kappa shape index (κ2) is 9.08. The van der Waals surface area contributed by atoms with Gasteiger partial charge in [-0.25, -0.2) is 8.42 Å². The van der Waals surface area contributed by atoms with Gasteiger partial charge in [-0.3, -0.25) is 0 Å². The fraction of sp³-hybridized carbons (Fsp3) is 0.545. The minimum absolute atomic E-state index is 0.478. The molecule has 0 radical (unpaired) electrons. The molecule has 3 heterocycles. The summed E-state index contributed by atoms with van der Waals surface area (Å²) in [6.45, 7) is 4.83. The third kappa shape index (κ3) is 4.85. The molecule has 4 nitrogen and oxygen atoms in total. The number of likely N-dealkylation sites (tertiary alicyclic amines) is 1. The van der Waals surface area contributed by atoms with Gasteiger partial charge < -0.3 is 4.90 Å². The van der Waals surface area contributed by atoms with Gasteiger partial charge >= 0.3 is 0 Å². The Kier molecular flexibility index (Phi) is 6.51. The van der Waals surface area contributed by atoms with E-state index in [1.165, 1.54) is 49.3 Å². The van der Waals surface area contributed by atoms with Gasteiger partial charge in [0.1, 0.15) is 4.21 Å². The van der Waals surface area contributed by atoms with Gasteiger partial charge in [0.15, 0.2) is 0 Å². The fourth-order valence-corrected chi connectivity index (χ4v) is 7.17. The largest absolute Gasteiger partial charge is 0.303 e. The molecule has 0 unspecified atom stereocenters. The molecule has 0 N–H and O–H groups in total. The predicted molar refractivity (Wildman–Crippen MR) is 115 cm³/mol. The number of sulfonamides is 1. The number of hydrogen-bond donors (Lipinski definition) is 0. The van der Waals surface area contributed by atoms with E-state index in [4.69, 9.17) is 0 Å². The molecule has 0 saturated carbocycles. The molecule has 2 aliphatic rings. The van der Waals surface area contributed by atoms with Crippen molar-refractivity contribution >= 4 is 21.4 Å². The average molecular weight is 419 g/mol. The molecule has 2 saturated heterocycles. The molecule has 2 fully saturated rings. The molecule has 1 aromatic heterocycles. The van der Waals surface area contributed by atoms with Crippen LogP contribution < -0.4 is 0 Å². The lowest BCUT2D eigenvalue weighted by Gasteiger charge is -2.37. The molecule has 28 heavy (non-hydrogen) atoms. The normalized spacial score (nSPS) is 21.1. The van der Waals surface area contributed by atoms with Crippen molar-refractivity contribution in [3.8, 4) is 0 Å². The fourth-order valence-electron chi connectivity index (χ4n) is 4.56. The first-order valence-corrected chi connectivity index (χ1v) is 12.7. The van der Waals surface area contributed by atoms with E-state index in [-0.39, 0.29) is 0 Å². The van der Waals surface area contributed by atoms with Crippen molar-refractivity contribution in [1.82, 2.24) is 9.21 Å². The first kappa shape index (κ1) is 20.1. The molecule has 152 valence electrons. The Morgan fingerprint density at radius 2 is 1.54 bits per heavy atom. The predicted octanol–water partition coefficient (Wildman–Crippen LogP) is 4.10. The van der Waals surface area contributed by atoms with Crippen LogP contribution in [0.2, 0.25) is 0 Å². The quantitative estimate of drug-likeness (QED) is 0.709. The highest BCUT2D eigenvalue weighted by molar-refractivity contribution is 7.91. The van der Waals surface area contributed by atoms with Gasteiger partial charge in [-0.05, 0) is 74.0 Å². The summed E-state index contributed by atoms with van der Waals surface area (Å²) in [5.41, 5.74) is 1.46. The van der Waals surface area contributed by atoms with Crippen LogP contribution in [0.15, 0.2) is 52.1 Å². The Bertz CT molecular complexity index is 821. The zero-order valence-corrected chi connectivity index (χ0v) is 18.0. The SMILES string of the molecule is O=S(=O)(c1cccs1)N1CCC(CN2CCC(Cc3ccccc3)CC2)CC1. The maximum absolute atomic E-state index is 12.7. The Hall–Kier alpha value is -1.21. The van der Waals surface area contributed by atoms with E-state index in [1.54, 1.807) is 10.4 Å². The molecular formula is C22H30N2O2S2. The third-order valence-electron chi connectivity index (χ3n) is 6.25. The van der Waals surface area contributed by atoms with Gasteiger partial charge in [0.25, 0.3) is 10.0 Å². The first-order valence-electron chi connectivity index (χ1n) is 10.4. The van der Waals surface area contributed by atoms with Crippen molar-refractivity contribution in [2.45, 2.75) is 36.3 Å². The van der Waals surface area contributed by atoms with Crippen molar-refractivity contribution in [1.29, 1.82) is 0 Å². The van der Waals surface area contributed by atoms with Crippen molar-refractivity contribution in [2.24, 2.45) is 11.8 Å². The van der Waals surface area contributed by atoms with Crippen LogP contribution in [0.3, 0.4) is 0 Å². The molecule has 0 spiro atoms. The number of nitrogens with zero attached hydrogens (tertiary/aromatic N) is 2. The molecular weight excluding hydrogens is 388 g/mol. The molecule has 4 rings (SSSR count). The standard InChI is InChI=1S/C22H30N2O2S2/c25-28(26,22-7-4-16-27-22)24-14-10-21(11-15-24)18-23-12-8-20(9-13-23)17-19-5-2-1-3-6-19/h1-7,16,20-21H,8-15,17-18H2. The van der Waals surface area contributed by atoms with E-state index in [9.17, 15) is 8.42 Å². The van der Waals surface area contributed by atoms with Crippen LogP contribution in [0.25, 0.3) is 0 Å². The zero-order valence-electron chi connectivity index (χ0n) is 16.4.